The number of hydrogen-bond acceptors (Lipinski definition) is 8. The Kier molecular flexibility index (Phi) is 10.4. The second kappa shape index (κ2) is 12.5. The van der Waals surface area contributed by atoms with Crippen LogP contribution >= 0.6 is 0 Å². The molecule has 162 valence electrons. The molecule has 0 aliphatic carbocycles. The van der Waals surface area contributed by atoms with Gasteiger partial charge in [0.2, 0.25) is 0 Å². The minimum atomic E-state index is -2.38. The van der Waals surface area contributed by atoms with Gasteiger partial charge in [0, 0.05) is 24.3 Å². The molecule has 30 heavy (non-hydrogen) atoms. The fourth-order valence-electron chi connectivity index (χ4n) is 3.27. The van der Waals surface area contributed by atoms with Crippen LogP contribution in [0.2, 0.25) is 0 Å². The zero-order chi connectivity index (χ0) is 20.6. The third-order valence-electron chi connectivity index (χ3n) is 4.79. The molecule has 0 N–H and O–H groups in total. The third-order valence-corrected chi connectivity index (χ3v) is 5.49. The van der Waals surface area contributed by atoms with Crippen LogP contribution < -0.4 is 28.3 Å². The maximum Gasteiger partial charge on any atom is 1.00 e. The summed E-state index contributed by atoms with van der Waals surface area (Å²) in [6.07, 6.45) is 11.0. The second-order valence-electron chi connectivity index (χ2n) is 6.70. The first-order chi connectivity index (χ1) is 14.1. The van der Waals surface area contributed by atoms with Crippen molar-refractivity contribution in [2.75, 3.05) is 27.4 Å². The molecule has 0 spiro atoms. The van der Waals surface area contributed by atoms with Crippen LogP contribution in [0.1, 0.15) is 51.0 Å². The van der Waals surface area contributed by atoms with E-state index in [4.69, 9.17) is 18.9 Å². The maximum absolute atomic E-state index is 11.1. The molecule has 4 rings (SSSR count). The average molecular weight is 434 g/mol. The summed E-state index contributed by atoms with van der Waals surface area (Å²) in [6.45, 7) is 1.48. The summed E-state index contributed by atoms with van der Waals surface area (Å²) in [5.74, 6) is 1.04. The predicted molar refractivity (Wildman–Crippen MR) is 102 cm³/mol. The van der Waals surface area contributed by atoms with Gasteiger partial charge in [-0.1, -0.05) is 0 Å². The van der Waals surface area contributed by atoms with Gasteiger partial charge in [0.25, 0.3) is 0 Å². The van der Waals surface area contributed by atoms with E-state index in [9.17, 15) is 8.76 Å². The van der Waals surface area contributed by atoms with Crippen LogP contribution in [0, 0.1) is 0 Å². The molecule has 0 bridgehead atoms. The molecule has 10 nitrogen and oxygen atoms in total. The van der Waals surface area contributed by atoms with E-state index in [0.29, 0.717) is 6.61 Å². The first kappa shape index (κ1) is 24.9. The summed E-state index contributed by atoms with van der Waals surface area (Å²) in [4.78, 5) is 0. The van der Waals surface area contributed by atoms with Crippen molar-refractivity contribution in [3.05, 3.63) is 18.6 Å². The van der Waals surface area contributed by atoms with E-state index in [1.807, 2.05) is 10.9 Å². The molecule has 2 aliphatic rings. The Morgan fingerprint density at radius 2 is 1.70 bits per heavy atom. The largest absolute Gasteiger partial charge is 1.00 e. The van der Waals surface area contributed by atoms with Crippen LogP contribution in [0.25, 0.3) is 0 Å². The number of rotatable bonds is 5. The molecular formula is C18H27LiN4O6S. The molecule has 12 heteroatoms. The van der Waals surface area contributed by atoms with Crippen molar-refractivity contribution < 1.29 is 46.6 Å². The fraction of sp³-hybridized carbons (Fsp3) is 0.667. The Bertz CT molecular complexity index is 789. The molecule has 0 saturated carbocycles. The van der Waals surface area contributed by atoms with Crippen molar-refractivity contribution in [2.45, 2.75) is 56.0 Å². The molecule has 3 unspecified atom stereocenters. The monoisotopic (exact) mass is 434 g/mol. The van der Waals surface area contributed by atoms with Crippen LogP contribution in [0.5, 0.6) is 11.5 Å². The quantitative estimate of drug-likeness (QED) is 0.454. The molecular weight excluding hydrogens is 407 g/mol. The summed E-state index contributed by atoms with van der Waals surface area (Å²) in [5, 5.41) is 8.23. The van der Waals surface area contributed by atoms with Crippen molar-refractivity contribution in [2.24, 2.45) is 0 Å². The molecule has 3 atom stereocenters. The van der Waals surface area contributed by atoms with E-state index in [1.165, 1.54) is 24.4 Å². The van der Waals surface area contributed by atoms with Gasteiger partial charge in [-0.15, -0.1) is 0 Å². The van der Waals surface area contributed by atoms with Crippen LogP contribution in [-0.4, -0.2) is 55.8 Å². The maximum atomic E-state index is 11.1. The van der Waals surface area contributed by atoms with Crippen LogP contribution in [0.4, 0.5) is 0 Å². The predicted octanol–water partition coefficient (Wildman–Crippen LogP) is -0.576. The molecule has 2 aromatic rings. The van der Waals surface area contributed by atoms with Crippen LogP contribution in [0.3, 0.4) is 0 Å². The summed E-state index contributed by atoms with van der Waals surface area (Å²) < 4.78 is 46.5. The Morgan fingerprint density at radius 3 is 2.20 bits per heavy atom. The molecule has 4 heterocycles. The van der Waals surface area contributed by atoms with Gasteiger partial charge in [0.05, 0.1) is 32.8 Å². The number of nitrogens with zero attached hydrogens (tertiary/aromatic N) is 4. The number of hydrogen-bond donors (Lipinski definition) is 0. The minimum absolute atomic E-state index is 0. The van der Waals surface area contributed by atoms with Gasteiger partial charge in [0.1, 0.15) is 6.23 Å². The Morgan fingerprint density at radius 1 is 1.03 bits per heavy atom. The van der Waals surface area contributed by atoms with Gasteiger partial charge < -0.3 is 23.5 Å². The van der Waals surface area contributed by atoms with Gasteiger partial charge in [0.15, 0.2) is 22.8 Å². The normalized spacial score (nSPS) is 22.2. The van der Waals surface area contributed by atoms with Gasteiger partial charge in [-0.25, -0.2) is 9.36 Å². The zero-order valence-corrected chi connectivity index (χ0v) is 18.5. The first-order valence-electron chi connectivity index (χ1n) is 9.66. The second-order valence-corrected chi connectivity index (χ2v) is 7.56. The molecule has 2 saturated heterocycles. The van der Waals surface area contributed by atoms with E-state index < -0.39 is 11.1 Å². The molecule has 0 aromatic carbocycles. The molecule has 2 fully saturated rings. The van der Waals surface area contributed by atoms with Crippen molar-refractivity contribution in [3.63, 3.8) is 0 Å². The zero-order valence-electron chi connectivity index (χ0n) is 17.7. The van der Waals surface area contributed by atoms with Gasteiger partial charge in [-0.3, -0.25) is 4.21 Å². The molecule has 2 aromatic heterocycles. The molecule has 0 amide bonds. The van der Waals surface area contributed by atoms with E-state index in [1.54, 1.807) is 13.3 Å². The number of ether oxygens (including phenoxy) is 4. The van der Waals surface area contributed by atoms with Gasteiger partial charge in [-0.2, -0.15) is 10.2 Å². The summed E-state index contributed by atoms with van der Waals surface area (Å²) in [5.41, 5.74) is 0. The van der Waals surface area contributed by atoms with Gasteiger partial charge in [-0.05, 0) is 38.5 Å². The topological polar surface area (TPSA) is 113 Å². The minimum Gasteiger partial charge on any atom is -0.767 e. The van der Waals surface area contributed by atoms with Crippen molar-refractivity contribution >= 4 is 11.1 Å². The van der Waals surface area contributed by atoms with Crippen molar-refractivity contribution in [1.29, 1.82) is 0 Å². The van der Waals surface area contributed by atoms with E-state index in [-0.39, 0.29) is 42.1 Å². The summed E-state index contributed by atoms with van der Waals surface area (Å²) in [6, 6.07) is 0. The Hall–Kier alpha value is -1.35. The number of aromatic nitrogens is 4. The SMILES string of the molecule is COc1cnn(C2CCCCO2)c1.COc1cnn(C2CCCCO2)c1S(=O)[O-].[Li+]. The van der Waals surface area contributed by atoms with Crippen molar-refractivity contribution in [1.82, 2.24) is 19.6 Å². The van der Waals surface area contributed by atoms with Crippen LogP contribution in [0.15, 0.2) is 23.6 Å². The fourth-order valence-corrected chi connectivity index (χ4v) is 3.89. The summed E-state index contributed by atoms with van der Waals surface area (Å²) in [7, 11) is 3.06. The Balaban J connectivity index is 0.000000211. The van der Waals surface area contributed by atoms with Crippen LogP contribution in [-0.2, 0) is 20.6 Å². The third kappa shape index (κ3) is 6.32. The number of methoxy groups -OCH3 is 2. The average Bonchev–Trinajstić information content (AvgIpc) is 3.42. The Labute approximate surface area is 190 Å². The van der Waals surface area contributed by atoms with Gasteiger partial charge >= 0.3 is 18.9 Å². The van der Waals surface area contributed by atoms with E-state index >= 15 is 0 Å². The smallest absolute Gasteiger partial charge is 0.767 e. The molecule has 2 aliphatic heterocycles. The molecule has 0 radical (unpaired) electrons. The first-order valence-corrected chi connectivity index (χ1v) is 10.7. The summed E-state index contributed by atoms with van der Waals surface area (Å²) >= 11 is -2.38. The van der Waals surface area contributed by atoms with E-state index in [0.717, 1.165) is 44.5 Å². The van der Waals surface area contributed by atoms with Crippen molar-refractivity contribution in [3.8, 4) is 11.5 Å². The van der Waals surface area contributed by atoms with E-state index in [2.05, 4.69) is 10.2 Å². The standard InChI is InChI=1S/C9H14N2O4S.C9H14N2O2.Li/c1-14-7-6-10-11(9(7)16(12)13)8-4-2-3-5-15-8;1-12-8-6-10-11(7-8)9-4-2-3-5-13-9;/h6,8H,2-5H2,1H3,(H,12,13);6-7,9H,2-5H2,1H3;/q;;+1/p-1.